The molecule has 152 valence electrons. The topological polar surface area (TPSA) is 113 Å². The lowest BCUT2D eigenvalue weighted by atomic mass is 9.89. The molecule has 0 aliphatic carbocycles. The molecule has 0 saturated carbocycles. The fraction of sp³-hybridized carbons (Fsp3) is 0.368. The van der Waals surface area contributed by atoms with Crippen molar-refractivity contribution in [2.24, 2.45) is 0 Å². The monoisotopic (exact) mass is 425 g/mol. The Kier molecular flexibility index (Phi) is 5.83. The summed E-state index contributed by atoms with van der Waals surface area (Å²) in [5, 5.41) is 3.38. The smallest absolute Gasteiger partial charge is 0.303 e. The number of phosphoric ester groups is 1. The molecular weight excluding hydrogens is 401 g/mol. The van der Waals surface area contributed by atoms with Crippen molar-refractivity contribution < 1.29 is 27.3 Å². The lowest BCUT2D eigenvalue weighted by Gasteiger charge is -2.39. The van der Waals surface area contributed by atoms with Crippen LogP contribution in [0.4, 0.5) is 0 Å². The van der Waals surface area contributed by atoms with E-state index in [0.717, 1.165) is 5.56 Å². The molecule has 3 N–H and O–H groups in total. The van der Waals surface area contributed by atoms with Gasteiger partial charge in [-0.25, -0.2) is 13.0 Å². The number of sulfone groups is 1. The van der Waals surface area contributed by atoms with Gasteiger partial charge in [0.15, 0.2) is 5.44 Å². The van der Waals surface area contributed by atoms with E-state index in [0.29, 0.717) is 18.4 Å². The first-order valence-corrected chi connectivity index (χ1v) is 12.1. The van der Waals surface area contributed by atoms with Crippen LogP contribution in [0.25, 0.3) is 0 Å². The molecule has 28 heavy (non-hydrogen) atoms. The highest BCUT2D eigenvalue weighted by Crippen LogP contribution is 2.48. The van der Waals surface area contributed by atoms with Gasteiger partial charge in [-0.2, -0.15) is 0 Å². The molecule has 2 atom stereocenters. The van der Waals surface area contributed by atoms with Crippen molar-refractivity contribution in [1.29, 1.82) is 0 Å². The molecule has 1 aliphatic rings. The third kappa shape index (κ3) is 3.81. The third-order valence-corrected chi connectivity index (χ3v) is 8.05. The summed E-state index contributed by atoms with van der Waals surface area (Å²) in [4.78, 5) is 18.9. The van der Waals surface area contributed by atoms with E-state index in [9.17, 15) is 22.8 Å². The van der Waals surface area contributed by atoms with Gasteiger partial charge in [0.25, 0.3) is 0 Å². The van der Waals surface area contributed by atoms with Gasteiger partial charge in [-0.3, -0.25) is 9.84 Å². The first-order valence-electron chi connectivity index (χ1n) is 9.04. The number of hydrogen-bond acceptors (Lipinski definition) is 5. The number of benzene rings is 2. The van der Waals surface area contributed by atoms with Gasteiger partial charge in [0.2, 0.25) is 9.84 Å². The van der Waals surface area contributed by atoms with E-state index >= 15 is 0 Å². The van der Waals surface area contributed by atoms with Crippen molar-refractivity contribution in [3.63, 3.8) is 0 Å². The first kappa shape index (κ1) is 21.2. The highest BCUT2D eigenvalue weighted by molar-refractivity contribution is 7.92. The van der Waals surface area contributed by atoms with Crippen molar-refractivity contribution in [2.75, 3.05) is 0 Å². The second-order valence-electron chi connectivity index (χ2n) is 6.86. The average molecular weight is 425 g/mol. The van der Waals surface area contributed by atoms with Gasteiger partial charge < -0.3 is 9.79 Å². The lowest BCUT2D eigenvalue weighted by Crippen LogP contribution is -2.56. The summed E-state index contributed by atoms with van der Waals surface area (Å²) < 4.78 is 43.6. The van der Waals surface area contributed by atoms with Gasteiger partial charge >= 0.3 is 7.82 Å². The lowest BCUT2D eigenvalue weighted by molar-refractivity contribution is 0.0920. The van der Waals surface area contributed by atoms with E-state index in [1.54, 1.807) is 32.0 Å². The summed E-state index contributed by atoms with van der Waals surface area (Å²) in [5.74, 6) is 0. The van der Waals surface area contributed by atoms with Crippen molar-refractivity contribution in [3.05, 3.63) is 65.7 Å². The molecule has 0 bridgehead atoms. The molecule has 2 unspecified atom stereocenters. The summed E-state index contributed by atoms with van der Waals surface area (Å²) in [6.07, 6.45) is 0.593. The van der Waals surface area contributed by atoms with Crippen LogP contribution in [0, 0.1) is 0 Å². The normalized spacial score (nSPS) is 23.6. The Bertz CT molecular complexity index is 984. The third-order valence-electron chi connectivity index (χ3n) is 5.33. The summed E-state index contributed by atoms with van der Waals surface area (Å²) in [5.41, 5.74) is -1.55. The van der Waals surface area contributed by atoms with Gasteiger partial charge in [-0.05, 0) is 30.0 Å². The van der Waals surface area contributed by atoms with Crippen LogP contribution in [0.2, 0.25) is 0 Å². The molecule has 0 fully saturated rings. The zero-order valence-corrected chi connectivity index (χ0v) is 17.4. The first-order chi connectivity index (χ1) is 13.1. The number of nitrogens with one attached hydrogen (secondary N) is 1. The van der Waals surface area contributed by atoms with E-state index in [2.05, 4.69) is 5.32 Å². The molecule has 0 aromatic heterocycles. The van der Waals surface area contributed by atoms with Crippen LogP contribution in [-0.4, -0.2) is 29.2 Å². The highest BCUT2D eigenvalue weighted by atomic mass is 32.2. The molecule has 2 aromatic rings. The minimum Gasteiger partial charge on any atom is -0.303 e. The summed E-state index contributed by atoms with van der Waals surface area (Å²) in [7, 11) is -9.26. The number of fused-ring (bicyclic) bond motifs is 1. The van der Waals surface area contributed by atoms with Crippen molar-refractivity contribution in [3.8, 4) is 0 Å². The summed E-state index contributed by atoms with van der Waals surface area (Å²) in [6.45, 7) is 3.56. The zero-order valence-electron chi connectivity index (χ0n) is 15.6. The van der Waals surface area contributed by atoms with Gasteiger partial charge in [0.1, 0.15) is 0 Å². The van der Waals surface area contributed by atoms with Crippen LogP contribution in [-0.2, 0) is 18.9 Å². The number of phosphoric acid groups is 1. The fourth-order valence-electron chi connectivity index (χ4n) is 3.80. The average Bonchev–Trinajstić information content (AvgIpc) is 2.75. The molecule has 3 rings (SSSR count). The molecule has 7 nitrogen and oxygen atoms in total. The molecular formula is C19H24NO6PS. The molecule has 9 heteroatoms. The predicted octanol–water partition coefficient (Wildman–Crippen LogP) is 3.15. The Hall–Kier alpha value is -1.54. The van der Waals surface area contributed by atoms with E-state index < -0.39 is 34.7 Å². The van der Waals surface area contributed by atoms with Crippen LogP contribution >= 0.6 is 7.82 Å². The van der Waals surface area contributed by atoms with Crippen molar-refractivity contribution in [1.82, 2.24) is 5.32 Å². The van der Waals surface area contributed by atoms with Crippen LogP contribution < -0.4 is 5.32 Å². The number of rotatable bonds is 5. The number of hydrogen-bond donors (Lipinski definition) is 3. The Balaban J connectivity index is 2.31. The molecule has 0 radical (unpaired) electrons. The SMILES string of the molecule is CCC1(CC)NC(c2ccccc2)c2ccccc2S(=O)(=O)C1OP(=O)(O)O. The highest BCUT2D eigenvalue weighted by Gasteiger charge is 2.52. The van der Waals surface area contributed by atoms with Crippen LogP contribution in [0.15, 0.2) is 59.5 Å². The predicted molar refractivity (Wildman–Crippen MR) is 105 cm³/mol. The van der Waals surface area contributed by atoms with Gasteiger partial charge in [-0.15, -0.1) is 0 Å². The maximum absolute atomic E-state index is 13.5. The van der Waals surface area contributed by atoms with Gasteiger partial charge in [0, 0.05) is 0 Å². The Morgan fingerprint density at radius 2 is 1.61 bits per heavy atom. The second-order valence-corrected chi connectivity index (χ2v) is 10.0. The molecule has 0 spiro atoms. The maximum atomic E-state index is 13.5. The summed E-state index contributed by atoms with van der Waals surface area (Å²) in [6, 6.07) is 15.4. The zero-order chi connectivity index (χ0) is 20.6. The summed E-state index contributed by atoms with van der Waals surface area (Å²) >= 11 is 0. The molecule has 1 aliphatic heterocycles. The van der Waals surface area contributed by atoms with Crippen molar-refractivity contribution >= 4 is 17.7 Å². The fourth-order valence-corrected chi connectivity index (χ4v) is 7.05. The van der Waals surface area contributed by atoms with E-state index in [-0.39, 0.29) is 4.90 Å². The maximum Gasteiger partial charge on any atom is 0.470 e. The molecule has 0 amide bonds. The Morgan fingerprint density at radius 3 is 2.18 bits per heavy atom. The van der Waals surface area contributed by atoms with Gasteiger partial charge in [0.05, 0.1) is 16.5 Å². The quantitative estimate of drug-likeness (QED) is 0.631. The molecule has 0 saturated heterocycles. The van der Waals surface area contributed by atoms with E-state index in [1.165, 1.54) is 6.07 Å². The van der Waals surface area contributed by atoms with Crippen LogP contribution in [0.3, 0.4) is 0 Å². The van der Waals surface area contributed by atoms with E-state index in [1.807, 2.05) is 30.3 Å². The molecule has 1 heterocycles. The van der Waals surface area contributed by atoms with Gasteiger partial charge in [-0.1, -0.05) is 62.4 Å². The minimum atomic E-state index is -5.06. The standard InChI is InChI=1S/C19H24NO6PS/c1-3-19(4-2)18(26-27(21,22)23)28(24,25)16-13-9-8-12-15(16)17(20-19)14-10-6-5-7-11-14/h5-13,17-18,20H,3-4H2,1-2H3,(H2,21,22,23). The Labute approximate surface area is 164 Å². The van der Waals surface area contributed by atoms with Crippen molar-refractivity contribution in [2.45, 2.75) is 48.6 Å². The second kappa shape index (κ2) is 7.71. The largest absolute Gasteiger partial charge is 0.470 e. The van der Waals surface area contributed by atoms with Crippen LogP contribution in [0.5, 0.6) is 0 Å². The Morgan fingerprint density at radius 1 is 1.04 bits per heavy atom. The van der Waals surface area contributed by atoms with E-state index in [4.69, 9.17) is 4.52 Å². The van der Waals surface area contributed by atoms with Crippen LogP contribution in [0.1, 0.15) is 43.9 Å². The minimum absolute atomic E-state index is 0.0126. The molecule has 2 aromatic carbocycles.